The van der Waals surface area contributed by atoms with Gasteiger partial charge in [-0.25, -0.2) is 4.79 Å². The third kappa shape index (κ3) is 5.01. The molecule has 26 heavy (non-hydrogen) atoms. The molecular formula is C22H30N2O2. The predicted molar refractivity (Wildman–Crippen MR) is 108 cm³/mol. The van der Waals surface area contributed by atoms with Gasteiger partial charge in [-0.05, 0) is 55.9 Å². The molecule has 2 amide bonds. The average molecular weight is 354 g/mol. The fraction of sp³-hybridized carbons (Fsp3) is 0.409. The minimum Gasteiger partial charge on any atom is -0.473 e. The number of amides is 2. The molecule has 0 aliphatic rings. The molecule has 0 heterocycles. The molecule has 0 saturated carbocycles. The lowest BCUT2D eigenvalue weighted by Crippen LogP contribution is -2.32. The normalized spacial score (nSPS) is 11.2. The lowest BCUT2D eigenvalue weighted by atomic mass is 9.85. The fourth-order valence-electron chi connectivity index (χ4n) is 3.07. The number of rotatable bonds is 4. The molecule has 2 aromatic carbocycles. The number of carbonyl (C=O) groups is 1. The second-order valence-corrected chi connectivity index (χ2v) is 7.94. The third-order valence-electron chi connectivity index (χ3n) is 4.32. The summed E-state index contributed by atoms with van der Waals surface area (Å²) in [6, 6.07) is 9.95. The first-order chi connectivity index (χ1) is 12.1. The molecule has 4 nitrogen and oxygen atoms in total. The number of aryl methyl sites for hydroxylation is 4. The summed E-state index contributed by atoms with van der Waals surface area (Å²) in [6.45, 7) is 14.7. The Morgan fingerprint density at radius 1 is 0.962 bits per heavy atom. The SMILES string of the molecule is Cc1cc(C)c(NC(=O)NCOc2ccc(C)cc2C(C)(C)C)c(C)c1. The van der Waals surface area contributed by atoms with E-state index in [4.69, 9.17) is 4.74 Å². The fourth-order valence-corrected chi connectivity index (χ4v) is 3.07. The Morgan fingerprint density at radius 3 is 2.15 bits per heavy atom. The Balaban J connectivity index is 2.00. The molecular weight excluding hydrogens is 324 g/mol. The third-order valence-corrected chi connectivity index (χ3v) is 4.32. The van der Waals surface area contributed by atoms with Crippen molar-refractivity contribution in [1.82, 2.24) is 5.32 Å². The molecule has 0 bridgehead atoms. The lowest BCUT2D eigenvalue weighted by Gasteiger charge is -2.23. The standard InChI is InChI=1S/C22H30N2O2/c1-14-8-9-19(18(12-14)22(5,6)7)26-13-23-21(25)24-20-16(3)10-15(2)11-17(20)4/h8-12H,13H2,1-7H3,(H2,23,24,25). The Hall–Kier alpha value is -2.49. The Kier molecular flexibility index (Phi) is 5.96. The van der Waals surface area contributed by atoms with E-state index in [1.54, 1.807) is 0 Å². The first-order valence-corrected chi connectivity index (χ1v) is 8.94. The van der Waals surface area contributed by atoms with Crippen LogP contribution in [-0.4, -0.2) is 12.8 Å². The molecule has 0 aliphatic carbocycles. The van der Waals surface area contributed by atoms with Crippen molar-refractivity contribution in [3.63, 3.8) is 0 Å². The summed E-state index contributed by atoms with van der Waals surface area (Å²) < 4.78 is 5.83. The van der Waals surface area contributed by atoms with Gasteiger partial charge in [-0.2, -0.15) is 0 Å². The summed E-state index contributed by atoms with van der Waals surface area (Å²) in [5.41, 5.74) is 6.42. The van der Waals surface area contributed by atoms with E-state index in [1.165, 1.54) is 11.1 Å². The van der Waals surface area contributed by atoms with Crippen molar-refractivity contribution >= 4 is 11.7 Å². The van der Waals surface area contributed by atoms with Gasteiger partial charge in [0.25, 0.3) is 0 Å². The van der Waals surface area contributed by atoms with Crippen LogP contribution in [0.5, 0.6) is 5.75 Å². The zero-order chi connectivity index (χ0) is 19.5. The van der Waals surface area contributed by atoms with E-state index in [1.807, 2.05) is 32.9 Å². The van der Waals surface area contributed by atoms with Crippen LogP contribution in [-0.2, 0) is 5.41 Å². The van der Waals surface area contributed by atoms with Gasteiger partial charge in [0.1, 0.15) is 5.75 Å². The van der Waals surface area contributed by atoms with Crippen molar-refractivity contribution < 1.29 is 9.53 Å². The topological polar surface area (TPSA) is 50.4 Å². The van der Waals surface area contributed by atoms with Crippen LogP contribution in [0.15, 0.2) is 30.3 Å². The van der Waals surface area contributed by atoms with Gasteiger partial charge in [-0.15, -0.1) is 0 Å². The van der Waals surface area contributed by atoms with Gasteiger partial charge in [-0.1, -0.05) is 56.2 Å². The van der Waals surface area contributed by atoms with Gasteiger partial charge in [0.15, 0.2) is 6.73 Å². The molecule has 2 rings (SSSR count). The summed E-state index contributed by atoms with van der Waals surface area (Å²) in [5.74, 6) is 0.797. The zero-order valence-electron chi connectivity index (χ0n) is 16.9. The largest absolute Gasteiger partial charge is 0.473 e. The number of anilines is 1. The van der Waals surface area contributed by atoms with Gasteiger partial charge >= 0.3 is 6.03 Å². The molecule has 0 saturated heterocycles. The van der Waals surface area contributed by atoms with Crippen LogP contribution in [0, 0.1) is 27.7 Å². The average Bonchev–Trinajstić information content (AvgIpc) is 2.51. The van der Waals surface area contributed by atoms with Gasteiger partial charge < -0.3 is 15.4 Å². The van der Waals surface area contributed by atoms with Crippen LogP contribution < -0.4 is 15.4 Å². The number of hydrogen-bond donors (Lipinski definition) is 2. The van der Waals surface area contributed by atoms with E-state index < -0.39 is 0 Å². The van der Waals surface area contributed by atoms with Crippen molar-refractivity contribution in [1.29, 1.82) is 0 Å². The molecule has 2 aromatic rings. The first kappa shape index (κ1) is 19.8. The van der Waals surface area contributed by atoms with Gasteiger partial charge in [0, 0.05) is 5.69 Å². The lowest BCUT2D eigenvalue weighted by molar-refractivity contribution is 0.233. The summed E-state index contributed by atoms with van der Waals surface area (Å²) in [7, 11) is 0. The van der Waals surface area contributed by atoms with E-state index in [9.17, 15) is 4.79 Å². The van der Waals surface area contributed by atoms with Gasteiger partial charge in [-0.3, -0.25) is 0 Å². The summed E-state index contributed by atoms with van der Waals surface area (Å²) >= 11 is 0. The monoisotopic (exact) mass is 354 g/mol. The zero-order valence-corrected chi connectivity index (χ0v) is 16.9. The smallest absolute Gasteiger partial charge is 0.321 e. The maximum absolute atomic E-state index is 12.2. The first-order valence-electron chi connectivity index (χ1n) is 8.94. The van der Waals surface area contributed by atoms with Crippen molar-refractivity contribution in [2.75, 3.05) is 12.0 Å². The second kappa shape index (κ2) is 7.81. The van der Waals surface area contributed by atoms with Crippen molar-refractivity contribution in [2.24, 2.45) is 0 Å². The predicted octanol–water partition coefficient (Wildman–Crippen LogP) is 5.38. The summed E-state index contributed by atoms with van der Waals surface area (Å²) in [5, 5.41) is 5.69. The molecule has 2 N–H and O–H groups in total. The minimum absolute atomic E-state index is 0.0280. The highest BCUT2D eigenvalue weighted by Gasteiger charge is 2.19. The highest BCUT2D eigenvalue weighted by molar-refractivity contribution is 5.91. The van der Waals surface area contributed by atoms with E-state index in [0.29, 0.717) is 0 Å². The Labute approximate surface area is 157 Å². The highest BCUT2D eigenvalue weighted by Crippen LogP contribution is 2.32. The number of nitrogens with one attached hydrogen (secondary N) is 2. The Bertz CT molecular complexity index is 781. The van der Waals surface area contributed by atoms with Crippen LogP contribution in [0.25, 0.3) is 0 Å². The molecule has 140 valence electrons. The molecule has 0 aromatic heterocycles. The van der Waals surface area contributed by atoms with Gasteiger partial charge in [0.05, 0.1) is 0 Å². The Morgan fingerprint density at radius 2 is 1.58 bits per heavy atom. The molecule has 0 spiro atoms. The maximum Gasteiger partial charge on any atom is 0.321 e. The second-order valence-electron chi connectivity index (χ2n) is 7.94. The molecule has 0 aliphatic heterocycles. The van der Waals surface area contributed by atoms with Gasteiger partial charge in [0.2, 0.25) is 0 Å². The molecule has 0 fully saturated rings. The summed E-state index contributed by atoms with van der Waals surface area (Å²) in [6.07, 6.45) is 0. The molecule has 0 radical (unpaired) electrons. The van der Waals surface area contributed by atoms with Crippen LogP contribution >= 0.6 is 0 Å². The number of carbonyl (C=O) groups excluding carboxylic acids is 1. The highest BCUT2D eigenvalue weighted by atomic mass is 16.5. The maximum atomic E-state index is 12.2. The van der Waals surface area contributed by atoms with Crippen molar-refractivity contribution in [2.45, 2.75) is 53.9 Å². The molecule has 0 unspecified atom stereocenters. The van der Waals surface area contributed by atoms with E-state index in [-0.39, 0.29) is 18.2 Å². The van der Waals surface area contributed by atoms with E-state index in [0.717, 1.165) is 28.1 Å². The van der Waals surface area contributed by atoms with Crippen LogP contribution in [0.4, 0.5) is 10.5 Å². The van der Waals surface area contributed by atoms with Crippen molar-refractivity contribution in [3.8, 4) is 5.75 Å². The number of benzene rings is 2. The van der Waals surface area contributed by atoms with Crippen LogP contribution in [0.3, 0.4) is 0 Å². The minimum atomic E-state index is -0.274. The van der Waals surface area contributed by atoms with Crippen LogP contribution in [0.2, 0.25) is 0 Å². The number of hydrogen-bond acceptors (Lipinski definition) is 2. The summed E-state index contributed by atoms with van der Waals surface area (Å²) in [4.78, 5) is 12.2. The van der Waals surface area contributed by atoms with E-state index in [2.05, 4.69) is 56.5 Å². The molecule has 4 heteroatoms. The van der Waals surface area contributed by atoms with Crippen LogP contribution in [0.1, 0.15) is 48.6 Å². The number of ether oxygens (including phenoxy) is 1. The van der Waals surface area contributed by atoms with E-state index >= 15 is 0 Å². The molecule has 0 atom stereocenters. The quantitative estimate of drug-likeness (QED) is 0.725. The van der Waals surface area contributed by atoms with Crippen molar-refractivity contribution in [3.05, 3.63) is 58.1 Å². The number of urea groups is 1.